The van der Waals surface area contributed by atoms with Crippen LogP contribution in [0.25, 0.3) is 0 Å². The molecule has 70 valence electrons. The second-order valence-corrected chi connectivity index (χ2v) is 2.74. The van der Waals surface area contributed by atoms with Crippen LogP contribution in [0.1, 0.15) is 14.3 Å². The summed E-state index contributed by atoms with van der Waals surface area (Å²) in [6.07, 6.45) is 0. The lowest BCUT2D eigenvalue weighted by Gasteiger charge is -2.19. The number of nitrogens with zero attached hydrogens (tertiary/aromatic N) is 1. The summed E-state index contributed by atoms with van der Waals surface area (Å²) in [5, 5.41) is 9.05. The standard InChI is InChI=1S/C10H13NO2/c1-11(2)9(10(12)13)8-6-4-3-5-7-8/h3-7,9H,1-2H3,(H,12,13)/i1D,2D. The minimum atomic E-state index is -1.03. The van der Waals surface area contributed by atoms with Gasteiger partial charge in [0.25, 0.3) is 0 Å². The molecule has 0 amide bonds. The zero-order valence-electron chi connectivity index (χ0n) is 9.18. The van der Waals surface area contributed by atoms with E-state index in [1.165, 1.54) is 4.90 Å². The molecule has 0 bridgehead atoms. The van der Waals surface area contributed by atoms with Crippen molar-refractivity contribution in [3.05, 3.63) is 35.9 Å². The number of rotatable bonds is 3. The SMILES string of the molecule is [2H]CN(C[2H])C(C(=O)O)c1ccccc1. The Morgan fingerprint density at radius 2 is 2.08 bits per heavy atom. The van der Waals surface area contributed by atoms with Gasteiger partial charge in [-0.3, -0.25) is 9.69 Å². The third-order valence-electron chi connectivity index (χ3n) is 1.71. The van der Waals surface area contributed by atoms with Crippen molar-refractivity contribution in [2.45, 2.75) is 6.04 Å². The van der Waals surface area contributed by atoms with Gasteiger partial charge in [0.1, 0.15) is 6.04 Å². The highest BCUT2D eigenvalue weighted by Crippen LogP contribution is 2.17. The molecule has 0 aliphatic carbocycles. The number of hydrogen-bond donors (Lipinski definition) is 1. The number of likely N-dealkylation sites (N-methyl/N-ethyl adjacent to an activating group) is 1. The minimum Gasteiger partial charge on any atom is -0.480 e. The molecule has 0 aromatic heterocycles. The Bertz CT molecular complexity index is 314. The quantitative estimate of drug-likeness (QED) is 0.765. The second-order valence-electron chi connectivity index (χ2n) is 2.74. The van der Waals surface area contributed by atoms with E-state index in [1.807, 2.05) is 0 Å². The van der Waals surface area contributed by atoms with Gasteiger partial charge in [0, 0.05) is 2.74 Å². The van der Waals surface area contributed by atoms with E-state index in [9.17, 15) is 4.79 Å². The predicted octanol–water partition coefficient (Wildman–Crippen LogP) is 1.37. The van der Waals surface area contributed by atoms with Crippen LogP contribution in [0.3, 0.4) is 0 Å². The molecule has 0 fully saturated rings. The molecule has 3 heteroatoms. The molecule has 1 N–H and O–H groups in total. The first-order chi connectivity index (χ1) is 7.20. The maximum Gasteiger partial charge on any atom is 0.325 e. The molecule has 0 aliphatic heterocycles. The van der Waals surface area contributed by atoms with Gasteiger partial charge in [-0.2, -0.15) is 0 Å². The molecule has 1 rings (SSSR count). The van der Waals surface area contributed by atoms with Crippen LogP contribution in [0, 0.1) is 0 Å². The second kappa shape index (κ2) is 4.05. The van der Waals surface area contributed by atoms with Gasteiger partial charge in [-0.25, -0.2) is 0 Å². The van der Waals surface area contributed by atoms with E-state index in [2.05, 4.69) is 0 Å². The average molecular weight is 181 g/mol. The van der Waals surface area contributed by atoms with Gasteiger partial charge in [-0.1, -0.05) is 30.3 Å². The molecule has 0 saturated carbocycles. The summed E-state index contributed by atoms with van der Waals surface area (Å²) >= 11 is 0. The zero-order valence-corrected chi connectivity index (χ0v) is 7.18. The van der Waals surface area contributed by atoms with Crippen molar-refractivity contribution in [1.82, 2.24) is 4.90 Å². The third kappa shape index (κ3) is 2.29. The van der Waals surface area contributed by atoms with Gasteiger partial charge in [0.05, 0.1) is 0 Å². The van der Waals surface area contributed by atoms with Crippen molar-refractivity contribution in [2.75, 3.05) is 14.0 Å². The van der Waals surface area contributed by atoms with Gasteiger partial charge in [-0.15, -0.1) is 0 Å². The maximum absolute atomic E-state index is 11.1. The maximum atomic E-state index is 11.1. The van der Waals surface area contributed by atoms with Gasteiger partial charge in [0.2, 0.25) is 0 Å². The number of carboxylic acid groups (broad SMARTS) is 1. The number of aliphatic carboxylic acids is 1. The van der Waals surface area contributed by atoms with E-state index < -0.39 is 12.0 Å². The number of hydrogen-bond acceptors (Lipinski definition) is 2. The number of carbonyl (C=O) groups is 1. The minimum absolute atomic E-state index is 0.199. The lowest BCUT2D eigenvalue weighted by atomic mass is 10.1. The van der Waals surface area contributed by atoms with Crippen molar-refractivity contribution in [3.8, 4) is 0 Å². The topological polar surface area (TPSA) is 40.5 Å². The summed E-state index contributed by atoms with van der Waals surface area (Å²) in [6.45, 7) is 0. The van der Waals surface area contributed by atoms with Gasteiger partial charge >= 0.3 is 5.97 Å². The summed E-state index contributed by atoms with van der Waals surface area (Å²) in [5.41, 5.74) is 0.601. The van der Waals surface area contributed by atoms with Crippen molar-refractivity contribution < 1.29 is 12.6 Å². The molecule has 1 aromatic rings. The normalized spacial score (nSPS) is 14.8. The fourth-order valence-corrected chi connectivity index (χ4v) is 1.14. The van der Waals surface area contributed by atoms with Crippen LogP contribution in [0.15, 0.2) is 30.3 Å². The molecule has 0 aliphatic rings. The first-order valence-corrected chi connectivity index (χ1v) is 3.81. The first-order valence-electron chi connectivity index (χ1n) is 5.22. The van der Waals surface area contributed by atoms with Crippen LogP contribution in [0.2, 0.25) is 0 Å². The highest BCUT2D eigenvalue weighted by molar-refractivity contribution is 5.75. The summed E-state index contributed by atoms with van der Waals surface area (Å²) in [5.74, 6) is -1.03. The smallest absolute Gasteiger partial charge is 0.325 e. The number of benzene rings is 1. The fourth-order valence-electron chi connectivity index (χ4n) is 1.14. The molecule has 13 heavy (non-hydrogen) atoms. The summed E-state index contributed by atoms with van der Waals surface area (Å²) in [6, 6.07) is 7.78. The van der Waals surface area contributed by atoms with Crippen LogP contribution in [0.4, 0.5) is 0 Å². The van der Waals surface area contributed by atoms with E-state index in [0.717, 1.165) is 0 Å². The summed E-state index contributed by atoms with van der Waals surface area (Å²) in [7, 11) is -0.398. The molecule has 1 unspecified atom stereocenters. The van der Waals surface area contributed by atoms with E-state index >= 15 is 0 Å². The van der Waals surface area contributed by atoms with Crippen LogP contribution < -0.4 is 0 Å². The van der Waals surface area contributed by atoms with Crippen LogP contribution in [-0.4, -0.2) is 30.0 Å². The predicted molar refractivity (Wildman–Crippen MR) is 50.5 cm³/mol. The average Bonchev–Trinajstić information content (AvgIpc) is 2.26. The van der Waals surface area contributed by atoms with Crippen molar-refractivity contribution >= 4 is 5.97 Å². The van der Waals surface area contributed by atoms with Crippen LogP contribution in [-0.2, 0) is 4.79 Å². The molecule has 0 spiro atoms. The zero-order chi connectivity index (χ0) is 11.3. The Morgan fingerprint density at radius 1 is 1.46 bits per heavy atom. The largest absolute Gasteiger partial charge is 0.480 e. The third-order valence-corrected chi connectivity index (χ3v) is 1.71. The molecular formula is C10H13NO2. The van der Waals surface area contributed by atoms with Crippen molar-refractivity contribution in [3.63, 3.8) is 0 Å². The lowest BCUT2D eigenvalue weighted by Crippen LogP contribution is -2.27. The van der Waals surface area contributed by atoms with Gasteiger partial charge in [0.15, 0.2) is 0 Å². The summed E-state index contributed by atoms with van der Waals surface area (Å²) in [4.78, 5) is 12.3. The van der Waals surface area contributed by atoms with Crippen molar-refractivity contribution in [1.29, 1.82) is 0 Å². The highest BCUT2D eigenvalue weighted by atomic mass is 16.4. The lowest BCUT2D eigenvalue weighted by molar-refractivity contribution is -0.142. The van der Waals surface area contributed by atoms with Crippen LogP contribution >= 0.6 is 0 Å². The van der Waals surface area contributed by atoms with Crippen molar-refractivity contribution in [2.24, 2.45) is 0 Å². The monoisotopic (exact) mass is 181 g/mol. The van der Waals surface area contributed by atoms with E-state index in [1.54, 1.807) is 30.3 Å². The Balaban J connectivity index is 2.97. The molecular weight excluding hydrogens is 166 g/mol. The Hall–Kier alpha value is -1.35. The van der Waals surface area contributed by atoms with Crippen LogP contribution in [0.5, 0.6) is 0 Å². The first kappa shape index (κ1) is 7.09. The van der Waals surface area contributed by atoms with Gasteiger partial charge in [-0.05, 0) is 19.6 Å². The number of carboxylic acids is 1. The molecule has 0 radical (unpaired) electrons. The van der Waals surface area contributed by atoms with E-state index in [4.69, 9.17) is 7.85 Å². The Kier molecular flexibility index (Phi) is 2.21. The fraction of sp³-hybridized carbons (Fsp3) is 0.300. The Morgan fingerprint density at radius 3 is 2.54 bits per heavy atom. The molecule has 0 heterocycles. The van der Waals surface area contributed by atoms with Gasteiger partial charge < -0.3 is 5.11 Å². The summed E-state index contributed by atoms with van der Waals surface area (Å²) < 4.78 is 14.4. The Labute approximate surface area is 80.4 Å². The molecule has 1 aromatic carbocycles. The molecule has 1 atom stereocenters. The molecule has 3 nitrogen and oxygen atoms in total. The molecule has 0 saturated heterocycles. The highest BCUT2D eigenvalue weighted by Gasteiger charge is 2.21. The van der Waals surface area contributed by atoms with E-state index in [0.29, 0.717) is 5.56 Å². The van der Waals surface area contributed by atoms with E-state index in [-0.39, 0.29) is 14.0 Å².